The lowest BCUT2D eigenvalue weighted by Crippen LogP contribution is -2.28. The summed E-state index contributed by atoms with van der Waals surface area (Å²) in [5.74, 6) is 0. The Morgan fingerprint density at radius 1 is 0.396 bits per heavy atom. The smallest absolute Gasteiger partial charge is 0.0714 e. The zero-order chi connectivity index (χ0) is 35.4. The van der Waals surface area contributed by atoms with Gasteiger partial charge in [0.05, 0.1) is 16.8 Å². The van der Waals surface area contributed by atoms with Gasteiger partial charge in [-0.05, 0) is 91.9 Å². The van der Waals surface area contributed by atoms with Crippen molar-refractivity contribution in [3.8, 4) is 22.3 Å². The molecule has 1 nitrogen and oxygen atoms in total. The van der Waals surface area contributed by atoms with Crippen LogP contribution in [0, 0.1) is 6.92 Å². The van der Waals surface area contributed by atoms with E-state index in [-0.39, 0.29) is 0 Å². The molecule has 0 saturated carbocycles. The van der Waals surface area contributed by atoms with E-state index in [4.69, 9.17) is 0 Å². The minimum absolute atomic E-state index is 0.509. The van der Waals surface area contributed by atoms with Crippen molar-refractivity contribution in [3.05, 3.63) is 234 Å². The number of fused-ring (bicyclic) bond motifs is 5. The first-order valence-electron chi connectivity index (χ1n) is 18.4. The van der Waals surface area contributed by atoms with Gasteiger partial charge >= 0.3 is 0 Å². The van der Waals surface area contributed by atoms with Gasteiger partial charge in [-0.2, -0.15) is 0 Å². The van der Waals surface area contributed by atoms with E-state index in [1.807, 2.05) is 0 Å². The average Bonchev–Trinajstić information content (AvgIpc) is 3.53. The first-order chi connectivity index (χ1) is 26.2. The second-order valence-electron chi connectivity index (χ2n) is 14.1. The Kier molecular flexibility index (Phi) is 7.33. The molecule has 1 aliphatic carbocycles. The van der Waals surface area contributed by atoms with Crippen LogP contribution in [0.25, 0.3) is 43.8 Å². The molecule has 0 N–H and O–H groups in total. The fourth-order valence-corrected chi connectivity index (χ4v) is 9.01. The molecule has 53 heavy (non-hydrogen) atoms. The monoisotopic (exact) mass is 675 g/mol. The van der Waals surface area contributed by atoms with Crippen LogP contribution in [-0.4, -0.2) is 0 Å². The molecule has 10 rings (SSSR count). The second kappa shape index (κ2) is 12.5. The Morgan fingerprint density at radius 2 is 0.981 bits per heavy atom. The van der Waals surface area contributed by atoms with Crippen LogP contribution in [0.1, 0.15) is 27.8 Å². The number of hydrogen-bond acceptors (Lipinski definition) is 1. The van der Waals surface area contributed by atoms with Crippen molar-refractivity contribution >= 4 is 38.6 Å². The summed E-state index contributed by atoms with van der Waals surface area (Å²) in [5.41, 5.74) is 14.4. The highest BCUT2D eigenvalue weighted by molar-refractivity contribution is 6.08. The molecule has 0 spiro atoms. The minimum atomic E-state index is -0.509. The minimum Gasteiger partial charge on any atom is -0.309 e. The Bertz CT molecular complexity index is 2740. The van der Waals surface area contributed by atoms with Crippen LogP contribution in [0.15, 0.2) is 206 Å². The first kappa shape index (κ1) is 31.1. The SMILES string of the molecule is Cc1cccc2c1-c1ccc(N(c3ccc4ccccc4c3-c3ccccc3)c3cccc4ccccc34)cc1C2(c1ccccc1)c1ccccc1. The van der Waals surface area contributed by atoms with Crippen molar-refractivity contribution in [2.24, 2.45) is 0 Å². The van der Waals surface area contributed by atoms with E-state index in [2.05, 4.69) is 218 Å². The summed E-state index contributed by atoms with van der Waals surface area (Å²) in [5, 5.41) is 4.87. The summed E-state index contributed by atoms with van der Waals surface area (Å²) >= 11 is 0. The van der Waals surface area contributed by atoms with E-state index < -0.39 is 5.41 Å². The van der Waals surface area contributed by atoms with Crippen molar-refractivity contribution in [1.29, 1.82) is 0 Å². The van der Waals surface area contributed by atoms with Gasteiger partial charge in [0.15, 0.2) is 0 Å². The lowest BCUT2D eigenvalue weighted by atomic mass is 9.67. The van der Waals surface area contributed by atoms with Crippen LogP contribution >= 0.6 is 0 Å². The molecule has 0 radical (unpaired) electrons. The molecular formula is C52H37N. The van der Waals surface area contributed by atoms with Gasteiger partial charge < -0.3 is 4.90 Å². The van der Waals surface area contributed by atoms with E-state index in [0.29, 0.717) is 0 Å². The topological polar surface area (TPSA) is 3.24 Å². The third-order valence-electron chi connectivity index (χ3n) is 11.2. The molecule has 250 valence electrons. The highest BCUT2D eigenvalue weighted by atomic mass is 15.1. The third kappa shape index (κ3) is 4.78. The maximum absolute atomic E-state index is 2.51. The average molecular weight is 676 g/mol. The Balaban J connectivity index is 1.33. The molecule has 9 aromatic rings. The molecule has 0 atom stereocenters. The number of anilines is 3. The normalized spacial score (nSPS) is 12.8. The first-order valence-corrected chi connectivity index (χ1v) is 18.4. The van der Waals surface area contributed by atoms with E-state index in [9.17, 15) is 0 Å². The van der Waals surface area contributed by atoms with Gasteiger partial charge in [-0.15, -0.1) is 0 Å². The summed E-state index contributed by atoms with van der Waals surface area (Å²) in [6, 6.07) is 75.9. The molecule has 0 aromatic heterocycles. The molecule has 1 heteroatoms. The van der Waals surface area contributed by atoms with Gasteiger partial charge in [0.25, 0.3) is 0 Å². The summed E-state index contributed by atoms with van der Waals surface area (Å²) in [4.78, 5) is 2.51. The third-order valence-corrected chi connectivity index (χ3v) is 11.2. The Labute approximate surface area is 311 Å². The lowest BCUT2D eigenvalue weighted by Gasteiger charge is -2.35. The van der Waals surface area contributed by atoms with Crippen LogP contribution in [-0.2, 0) is 5.41 Å². The number of benzene rings is 9. The number of aryl methyl sites for hydroxylation is 1. The summed E-state index contributed by atoms with van der Waals surface area (Å²) in [6.45, 7) is 2.26. The quantitative estimate of drug-likeness (QED) is 0.170. The van der Waals surface area contributed by atoms with Crippen LogP contribution in [0.4, 0.5) is 17.1 Å². The van der Waals surface area contributed by atoms with Crippen LogP contribution in [0.5, 0.6) is 0 Å². The highest BCUT2D eigenvalue weighted by Crippen LogP contribution is 2.58. The van der Waals surface area contributed by atoms with Gasteiger partial charge in [-0.25, -0.2) is 0 Å². The molecule has 0 fully saturated rings. The summed E-state index contributed by atoms with van der Waals surface area (Å²) in [6.07, 6.45) is 0. The van der Waals surface area contributed by atoms with Crippen molar-refractivity contribution in [2.45, 2.75) is 12.3 Å². The van der Waals surface area contributed by atoms with Gasteiger partial charge in [0, 0.05) is 16.6 Å². The Hall–Kier alpha value is -6.70. The molecule has 0 heterocycles. The van der Waals surface area contributed by atoms with Crippen molar-refractivity contribution in [3.63, 3.8) is 0 Å². The van der Waals surface area contributed by atoms with Gasteiger partial charge in [-0.3, -0.25) is 0 Å². The number of rotatable bonds is 6. The molecule has 0 unspecified atom stereocenters. The molecule has 0 amide bonds. The summed E-state index contributed by atoms with van der Waals surface area (Å²) in [7, 11) is 0. The van der Waals surface area contributed by atoms with E-state index in [1.165, 1.54) is 71.6 Å². The van der Waals surface area contributed by atoms with Crippen molar-refractivity contribution in [1.82, 2.24) is 0 Å². The molecule has 1 aliphatic rings. The fourth-order valence-electron chi connectivity index (χ4n) is 9.01. The molecule has 0 aliphatic heterocycles. The van der Waals surface area contributed by atoms with Gasteiger partial charge in [0.1, 0.15) is 0 Å². The maximum Gasteiger partial charge on any atom is 0.0714 e. The largest absolute Gasteiger partial charge is 0.309 e. The zero-order valence-corrected chi connectivity index (χ0v) is 29.6. The van der Waals surface area contributed by atoms with Crippen molar-refractivity contribution in [2.75, 3.05) is 4.90 Å². The van der Waals surface area contributed by atoms with E-state index in [0.717, 1.165) is 17.1 Å². The summed E-state index contributed by atoms with van der Waals surface area (Å²) < 4.78 is 0. The second-order valence-corrected chi connectivity index (χ2v) is 14.1. The van der Waals surface area contributed by atoms with Gasteiger partial charge in [0.2, 0.25) is 0 Å². The number of nitrogens with zero attached hydrogens (tertiary/aromatic N) is 1. The molecule has 0 bridgehead atoms. The van der Waals surface area contributed by atoms with Gasteiger partial charge in [-0.1, -0.05) is 182 Å². The van der Waals surface area contributed by atoms with Crippen LogP contribution in [0.2, 0.25) is 0 Å². The predicted molar refractivity (Wildman–Crippen MR) is 224 cm³/mol. The van der Waals surface area contributed by atoms with Crippen LogP contribution < -0.4 is 4.90 Å². The lowest BCUT2D eigenvalue weighted by molar-refractivity contribution is 0.768. The zero-order valence-electron chi connectivity index (χ0n) is 29.6. The van der Waals surface area contributed by atoms with Crippen LogP contribution in [0.3, 0.4) is 0 Å². The van der Waals surface area contributed by atoms with E-state index >= 15 is 0 Å². The molecular weight excluding hydrogens is 639 g/mol. The van der Waals surface area contributed by atoms with Crippen molar-refractivity contribution < 1.29 is 0 Å². The maximum atomic E-state index is 2.51. The fraction of sp³-hybridized carbons (Fsp3) is 0.0385. The number of hydrogen-bond donors (Lipinski definition) is 0. The molecule has 0 saturated heterocycles. The standard InChI is InChI=1S/C52H37N/c1-36-17-15-29-46-50(36)45-33-32-42(35-47(45)52(46,40-23-7-3-8-24-40)41-25-9-4-10-26-41)53(48-30-16-22-37-18-11-13-27-43(37)48)49-34-31-38-19-12-14-28-44(38)51(49)39-20-5-2-6-21-39/h2-35H,1H3. The molecule has 9 aromatic carbocycles. The Morgan fingerprint density at radius 3 is 1.70 bits per heavy atom. The predicted octanol–water partition coefficient (Wildman–Crippen LogP) is 13.8. The van der Waals surface area contributed by atoms with E-state index in [1.54, 1.807) is 0 Å². The highest BCUT2D eigenvalue weighted by Gasteiger charge is 2.47.